The number of carbonyl (C=O) groups is 1. The van der Waals surface area contributed by atoms with E-state index < -0.39 is 0 Å². The van der Waals surface area contributed by atoms with Crippen LogP contribution in [0, 0.1) is 11.7 Å². The molecule has 0 bridgehead atoms. The third-order valence-electron chi connectivity index (χ3n) is 6.62. The Hall–Kier alpha value is -3.48. The molecule has 7 heteroatoms. The minimum absolute atomic E-state index is 0.163. The predicted molar refractivity (Wildman–Crippen MR) is 126 cm³/mol. The number of rotatable bonds is 6. The van der Waals surface area contributed by atoms with Crippen molar-refractivity contribution in [3.05, 3.63) is 72.4 Å². The number of nitrogens with one attached hydrogen (secondary N) is 1. The number of benzene rings is 2. The van der Waals surface area contributed by atoms with Crippen molar-refractivity contribution in [2.24, 2.45) is 5.92 Å². The van der Waals surface area contributed by atoms with Crippen LogP contribution in [0.1, 0.15) is 31.2 Å². The molecule has 2 aromatic carbocycles. The van der Waals surface area contributed by atoms with Gasteiger partial charge in [-0.2, -0.15) is 10.2 Å². The van der Waals surface area contributed by atoms with E-state index in [9.17, 15) is 9.18 Å². The van der Waals surface area contributed by atoms with Gasteiger partial charge in [-0.3, -0.25) is 14.6 Å². The Balaban J connectivity index is 1.18. The molecule has 0 radical (unpaired) electrons. The van der Waals surface area contributed by atoms with E-state index in [0.29, 0.717) is 18.8 Å². The number of amides is 1. The standard InChI is InChI=1S/C26H28FN5O/c27-24-5-1-3-19(13-24)6-9-26(33)31-11-2-4-20(10-12-31)18-32-25-8-7-21(14-22(25)17-30-32)23-15-28-29-16-23/h1,3,5,7-8,13-17,20H,2,4,6,9-12,18H2,(H,28,29). The summed E-state index contributed by atoms with van der Waals surface area (Å²) in [5.41, 5.74) is 4.19. The first-order chi connectivity index (χ1) is 16.2. The van der Waals surface area contributed by atoms with E-state index in [0.717, 1.165) is 66.5 Å². The number of hydrogen-bond acceptors (Lipinski definition) is 3. The highest BCUT2D eigenvalue weighted by atomic mass is 19.1. The largest absolute Gasteiger partial charge is 0.343 e. The van der Waals surface area contributed by atoms with Crippen molar-refractivity contribution in [3.63, 3.8) is 0 Å². The van der Waals surface area contributed by atoms with E-state index in [2.05, 4.69) is 38.2 Å². The summed E-state index contributed by atoms with van der Waals surface area (Å²) in [5, 5.41) is 12.7. The number of aromatic amines is 1. The highest BCUT2D eigenvalue weighted by Crippen LogP contribution is 2.26. The minimum Gasteiger partial charge on any atom is -0.343 e. The molecule has 1 amide bonds. The van der Waals surface area contributed by atoms with Crippen LogP contribution in [0.15, 0.2) is 61.1 Å². The Morgan fingerprint density at radius 3 is 2.88 bits per heavy atom. The molecule has 1 saturated heterocycles. The summed E-state index contributed by atoms with van der Waals surface area (Å²) in [6.45, 7) is 2.43. The van der Waals surface area contributed by atoms with Crippen molar-refractivity contribution in [2.75, 3.05) is 13.1 Å². The second kappa shape index (κ2) is 9.57. The molecule has 3 heterocycles. The van der Waals surface area contributed by atoms with E-state index in [-0.39, 0.29) is 11.7 Å². The number of carbonyl (C=O) groups excluding carboxylic acids is 1. The summed E-state index contributed by atoms with van der Waals surface area (Å²) in [6, 6.07) is 12.9. The van der Waals surface area contributed by atoms with Crippen LogP contribution in [-0.2, 0) is 17.8 Å². The third-order valence-corrected chi connectivity index (χ3v) is 6.62. The Labute approximate surface area is 192 Å². The molecule has 2 aromatic heterocycles. The average molecular weight is 446 g/mol. The molecule has 33 heavy (non-hydrogen) atoms. The summed E-state index contributed by atoms with van der Waals surface area (Å²) < 4.78 is 15.5. The number of fused-ring (bicyclic) bond motifs is 1. The fourth-order valence-corrected chi connectivity index (χ4v) is 4.76. The molecule has 1 fully saturated rings. The highest BCUT2D eigenvalue weighted by molar-refractivity contribution is 5.84. The van der Waals surface area contributed by atoms with Crippen molar-refractivity contribution in [1.82, 2.24) is 24.9 Å². The second-order valence-corrected chi connectivity index (χ2v) is 8.89. The third kappa shape index (κ3) is 4.97. The van der Waals surface area contributed by atoms with Gasteiger partial charge in [-0.1, -0.05) is 18.2 Å². The zero-order valence-electron chi connectivity index (χ0n) is 18.6. The number of likely N-dealkylation sites (tertiary alicyclic amines) is 1. The first-order valence-corrected chi connectivity index (χ1v) is 11.6. The van der Waals surface area contributed by atoms with Gasteiger partial charge in [0, 0.05) is 43.2 Å². The lowest BCUT2D eigenvalue weighted by molar-refractivity contribution is -0.131. The van der Waals surface area contributed by atoms with Crippen LogP contribution in [0.5, 0.6) is 0 Å². The molecular weight excluding hydrogens is 417 g/mol. The molecule has 170 valence electrons. The maximum atomic E-state index is 13.4. The molecule has 1 N–H and O–H groups in total. The van der Waals surface area contributed by atoms with Crippen LogP contribution in [-0.4, -0.2) is 43.9 Å². The molecule has 0 spiro atoms. The van der Waals surface area contributed by atoms with E-state index in [1.165, 1.54) is 12.1 Å². The topological polar surface area (TPSA) is 66.8 Å². The normalized spacial score (nSPS) is 16.8. The summed E-state index contributed by atoms with van der Waals surface area (Å²) >= 11 is 0. The van der Waals surface area contributed by atoms with E-state index in [1.54, 1.807) is 6.07 Å². The van der Waals surface area contributed by atoms with Crippen molar-refractivity contribution >= 4 is 16.8 Å². The Morgan fingerprint density at radius 2 is 2.03 bits per heavy atom. The van der Waals surface area contributed by atoms with Gasteiger partial charge in [-0.05, 0) is 67.0 Å². The van der Waals surface area contributed by atoms with Crippen LogP contribution < -0.4 is 0 Å². The Morgan fingerprint density at radius 1 is 1.09 bits per heavy atom. The van der Waals surface area contributed by atoms with E-state index >= 15 is 0 Å². The molecule has 0 aliphatic carbocycles. The van der Waals surface area contributed by atoms with Crippen molar-refractivity contribution in [1.29, 1.82) is 0 Å². The van der Waals surface area contributed by atoms with Gasteiger partial charge >= 0.3 is 0 Å². The first-order valence-electron chi connectivity index (χ1n) is 11.6. The number of H-pyrrole nitrogens is 1. The fraction of sp³-hybridized carbons (Fsp3) is 0.346. The average Bonchev–Trinajstić information content (AvgIpc) is 3.43. The zero-order chi connectivity index (χ0) is 22.6. The maximum Gasteiger partial charge on any atom is 0.222 e. The second-order valence-electron chi connectivity index (χ2n) is 8.89. The Bertz CT molecular complexity index is 1230. The lowest BCUT2D eigenvalue weighted by Crippen LogP contribution is -2.32. The molecule has 4 aromatic rings. The van der Waals surface area contributed by atoms with Gasteiger partial charge in [-0.25, -0.2) is 4.39 Å². The van der Waals surface area contributed by atoms with Crippen molar-refractivity contribution in [3.8, 4) is 11.1 Å². The number of nitrogens with zero attached hydrogens (tertiary/aromatic N) is 4. The summed E-state index contributed by atoms with van der Waals surface area (Å²) in [4.78, 5) is 14.7. The van der Waals surface area contributed by atoms with Gasteiger partial charge in [0.2, 0.25) is 5.91 Å². The fourth-order valence-electron chi connectivity index (χ4n) is 4.76. The number of aryl methyl sites for hydroxylation is 1. The van der Waals surface area contributed by atoms with Crippen LogP contribution >= 0.6 is 0 Å². The van der Waals surface area contributed by atoms with Crippen molar-refractivity contribution < 1.29 is 9.18 Å². The number of aromatic nitrogens is 4. The van der Waals surface area contributed by atoms with Crippen LogP contribution in [0.25, 0.3) is 22.0 Å². The van der Waals surface area contributed by atoms with Gasteiger partial charge in [0.05, 0.1) is 17.9 Å². The summed E-state index contributed by atoms with van der Waals surface area (Å²) in [7, 11) is 0. The van der Waals surface area contributed by atoms with Crippen molar-refractivity contribution in [2.45, 2.75) is 38.6 Å². The zero-order valence-corrected chi connectivity index (χ0v) is 18.6. The molecule has 5 rings (SSSR count). The predicted octanol–water partition coefficient (Wildman–Crippen LogP) is 4.83. The quantitative estimate of drug-likeness (QED) is 0.462. The Kier molecular flexibility index (Phi) is 6.19. The number of hydrogen-bond donors (Lipinski definition) is 1. The molecule has 1 aliphatic rings. The van der Waals surface area contributed by atoms with Gasteiger partial charge in [0.1, 0.15) is 5.82 Å². The van der Waals surface area contributed by atoms with Gasteiger partial charge < -0.3 is 4.90 Å². The van der Waals surface area contributed by atoms with E-state index in [4.69, 9.17) is 0 Å². The maximum absolute atomic E-state index is 13.4. The van der Waals surface area contributed by atoms with Crippen LogP contribution in [0.4, 0.5) is 4.39 Å². The lowest BCUT2D eigenvalue weighted by Gasteiger charge is -2.21. The van der Waals surface area contributed by atoms with E-state index in [1.807, 2.05) is 29.6 Å². The highest BCUT2D eigenvalue weighted by Gasteiger charge is 2.21. The minimum atomic E-state index is -0.249. The van der Waals surface area contributed by atoms with Gasteiger partial charge in [0.15, 0.2) is 0 Å². The molecule has 0 saturated carbocycles. The monoisotopic (exact) mass is 445 g/mol. The van der Waals surface area contributed by atoms with Gasteiger partial charge in [0.25, 0.3) is 0 Å². The molecule has 1 aliphatic heterocycles. The van der Waals surface area contributed by atoms with Crippen LogP contribution in [0.2, 0.25) is 0 Å². The van der Waals surface area contributed by atoms with Crippen LogP contribution in [0.3, 0.4) is 0 Å². The molecule has 1 atom stereocenters. The number of halogens is 1. The summed E-state index contributed by atoms with van der Waals surface area (Å²) in [6.07, 6.45) is 9.71. The summed E-state index contributed by atoms with van der Waals surface area (Å²) in [5.74, 6) is 0.403. The molecular formula is C26H28FN5O. The molecule has 1 unspecified atom stereocenters. The smallest absolute Gasteiger partial charge is 0.222 e. The lowest BCUT2D eigenvalue weighted by atomic mass is 10.0. The SMILES string of the molecule is O=C(CCc1cccc(F)c1)N1CCCC(Cn2ncc3cc(-c4cn[nH]c4)ccc32)CC1. The first kappa shape index (κ1) is 21.4. The molecule has 6 nitrogen and oxygen atoms in total. The van der Waals surface area contributed by atoms with Gasteiger partial charge in [-0.15, -0.1) is 0 Å².